The van der Waals surface area contributed by atoms with Crippen molar-refractivity contribution < 1.29 is 13.9 Å². The first-order valence-corrected chi connectivity index (χ1v) is 9.11. The molecule has 0 saturated carbocycles. The molecule has 2 aromatic heterocycles. The lowest BCUT2D eigenvalue weighted by atomic mass is 10.2. The second-order valence-corrected chi connectivity index (χ2v) is 6.46. The van der Waals surface area contributed by atoms with Crippen molar-refractivity contribution in [3.63, 3.8) is 0 Å². The molecule has 7 heteroatoms. The topological polar surface area (TPSA) is 55.6 Å². The molecule has 3 rings (SSSR count). The molecular formula is C18H17ClN2O3S. The highest BCUT2D eigenvalue weighted by Crippen LogP contribution is 2.30. The zero-order chi connectivity index (χ0) is 17.6. The van der Waals surface area contributed by atoms with E-state index in [1.54, 1.807) is 24.3 Å². The minimum absolute atomic E-state index is 0.0815. The zero-order valence-corrected chi connectivity index (χ0v) is 15.2. The number of aromatic nitrogens is 1. The van der Waals surface area contributed by atoms with Gasteiger partial charge in [0.1, 0.15) is 11.5 Å². The highest BCUT2D eigenvalue weighted by Gasteiger charge is 2.20. The Bertz CT molecular complexity index is 815. The largest absolute Gasteiger partial charge is 0.497 e. The number of amides is 1. The number of benzene rings is 1. The third-order valence-electron chi connectivity index (χ3n) is 3.61. The van der Waals surface area contributed by atoms with Crippen LogP contribution >= 0.6 is 22.9 Å². The van der Waals surface area contributed by atoms with Gasteiger partial charge < -0.3 is 9.15 Å². The molecule has 0 atom stereocenters. The summed E-state index contributed by atoms with van der Waals surface area (Å²) in [5, 5.41) is 2.55. The zero-order valence-electron chi connectivity index (χ0n) is 13.6. The fourth-order valence-electron chi connectivity index (χ4n) is 2.32. The number of hydrogen-bond donors (Lipinski definition) is 0. The fraction of sp³-hybridized carbons (Fsp3) is 0.222. The molecule has 1 amide bonds. The Morgan fingerprint density at radius 2 is 2.12 bits per heavy atom. The maximum Gasteiger partial charge on any atom is 0.230 e. The van der Waals surface area contributed by atoms with Crippen LogP contribution in [-0.2, 0) is 11.3 Å². The minimum Gasteiger partial charge on any atom is -0.497 e. The number of thiazole rings is 1. The van der Waals surface area contributed by atoms with Gasteiger partial charge in [-0.3, -0.25) is 9.69 Å². The Hall–Kier alpha value is -2.31. The lowest BCUT2D eigenvalue weighted by molar-refractivity contribution is -0.118. The maximum atomic E-state index is 12.4. The molecular weight excluding hydrogens is 360 g/mol. The molecule has 0 saturated heterocycles. The summed E-state index contributed by atoms with van der Waals surface area (Å²) in [7, 11) is 1.63. The average molecular weight is 377 g/mol. The van der Waals surface area contributed by atoms with Gasteiger partial charge in [-0.2, -0.15) is 0 Å². The predicted molar refractivity (Wildman–Crippen MR) is 99.3 cm³/mol. The van der Waals surface area contributed by atoms with Gasteiger partial charge in [0.15, 0.2) is 5.13 Å². The Kier molecular flexibility index (Phi) is 5.73. The van der Waals surface area contributed by atoms with Gasteiger partial charge in [-0.15, -0.1) is 22.9 Å². The van der Waals surface area contributed by atoms with Crippen molar-refractivity contribution in [3.8, 4) is 17.0 Å². The first-order chi connectivity index (χ1) is 12.2. The lowest BCUT2D eigenvalue weighted by Crippen LogP contribution is -2.30. The third-order valence-corrected chi connectivity index (χ3v) is 4.66. The van der Waals surface area contributed by atoms with Gasteiger partial charge in [0.05, 0.1) is 25.6 Å². The van der Waals surface area contributed by atoms with Gasteiger partial charge in [0.25, 0.3) is 0 Å². The van der Waals surface area contributed by atoms with Crippen LogP contribution in [0.4, 0.5) is 5.13 Å². The number of hydrogen-bond acceptors (Lipinski definition) is 5. The van der Waals surface area contributed by atoms with Crippen molar-refractivity contribution in [3.05, 3.63) is 53.8 Å². The number of ether oxygens (including phenoxy) is 1. The molecule has 0 aliphatic carbocycles. The van der Waals surface area contributed by atoms with Crippen molar-refractivity contribution in [1.29, 1.82) is 0 Å². The van der Waals surface area contributed by atoms with Gasteiger partial charge in [0.2, 0.25) is 5.91 Å². The van der Waals surface area contributed by atoms with E-state index < -0.39 is 0 Å². The summed E-state index contributed by atoms with van der Waals surface area (Å²) in [6.45, 7) is 0.332. The van der Waals surface area contributed by atoms with Gasteiger partial charge in [-0.25, -0.2) is 4.98 Å². The molecule has 5 nitrogen and oxygen atoms in total. The molecule has 0 N–H and O–H groups in total. The van der Waals surface area contributed by atoms with E-state index in [0.29, 0.717) is 17.4 Å². The number of furan rings is 1. The Morgan fingerprint density at radius 3 is 2.76 bits per heavy atom. The summed E-state index contributed by atoms with van der Waals surface area (Å²) in [4.78, 5) is 18.7. The second kappa shape index (κ2) is 8.18. The molecule has 3 aromatic rings. The molecule has 1 aromatic carbocycles. The number of nitrogens with zero attached hydrogens (tertiary/aromatic N) is 2. The summed E-state index contributed by atoms with van der Waals surface area (Å²) >= 11 is 7.16. The number of methoxy groups -OCH3 is 1. The molecule has 0 bridgehead atoms. The van der Waals surface area contributed by atoms with Crippen LogP contribution in [0.1, 0.15) is 12.2 Å². The quantitative estimate of drug-likeness (QED) is 0.566. The molecule has 0 radical (unpaired) electrons. The predicted octanol–water partition coefficient (Wildman–Crippen LogP) is 4.57. The number of carbonyl (C=O) groups is 1. The summed E-state index contributed by atoms with van der Waals surface area (Å²) < 4.78 is 10.5. The van der Waals surface area contributed by atoms with Crippen LogP contribution in [0.2, 0.25) is 0 Å². The van der Waals surface area contributed by atoms with E-state index in [-0.39, 0.29) is 18.2 Å². The molecule has 25 heavy (non-hydrogen) atoms. The molecule has 0 spiro atoms. The van der Waals surface area contributed by atoms with Crippen molar-refractivity contribution in [2.45, 2.75) is 13.0 Å². The molecule has 0 aliphatic heterocycles. The van der Waals surface area contributed by atoms with Gasteiger partial charge in [-0.05, 0) is 36.4 Å². The van der Waals surface area contributed by atoms with Gasteiger partial charge in [-0.1, -0.05) is 0 Å². The minimum atomic E-state index is -0.0815. The van der Waals surface area contributed by atoms with Crippen LogP contribution in [0, 0.1) is 0 Å². The van der Waals surface area contributed by atoms with Gasteiger partial charge in [0, 0.05) is 23.2 Å². The van der Waals surface area contributed by atoms with E-state index in [2.05, 4.69) is 4.98 Å². The SMILES string of the molecule is COc1ccc(-c2csc(N(Cc3ccco3)C(=O)CCCl)n2)cc1. The van der Waals surface area contributed by atoms with Crippen LogP contribution in [0.3, 0.4) is 0 Å². The summed E-state index contributed by atoms with van der Waals surface area (Å²) in [5.41, 5.74) is 1.77. The standard InChI is InChI=1S/C18H17ClN2O3S/c1-23-14-6-4-13(5-7-14)16-12-25-18(20-16)21(17(22)8-9-19)11-15-3-2-10-24-15/h2-7,10,12H,8-9,11H2,1H3. The van der Waals surface area contributed by atoms with Crippen LogP contribution in [0.25, 0.3) is 11.3 Å². The van der Waals surface area contributed by atoms with E-state index in [1.807, 2.05) is 35.7 Å². The molecule has 0 fully saturated rings. The second-order valence-electron chi connectivity index (χ2n) is 5.24. The number of alkyl halides is 1. The van der Waals surface area contributed by atoms with Crippen molar-refractivity contribution in [2.24, 2.45) is 0 Å². The lowest BCUT2D eigenvalue weighted by Gasteiger charge is -2.18. The van der Waals surface area contributed by atoms with Gasteiger partial charge >= 0.3 is 0 Å². The maximum absolute atomic E-state index is 12.4. The third kappa shape index (κ3) is 4.21. The van der Waals surface area contributed by atoms with E-state index >= 15 is 0 Å². The normalized spacial score (nSPS) is 10.6. The molecule has 130 valence electrons. The summed E-state index contributed by atoms with van der Waals surface area (Å²) in [6, 6.07) is 11.3. The Balaban J connectivity index is 1.85. The van der Waals surface area contributed by atoms with Crippen LogP contribution in [0.5, 0.6) is 5.75 Å². The smallest absolute Gasteiger partial charge is 0.230 e. The summed E-state index contributed by atoms with van der Waals surface area (Å²) in [6.07, 6.45) is 1.84. The van der Waals surface area contributed by atoms with E-state index in [4.69, 9.17) is 20.8 Å². The molecule has 2 heterocycles. The van der Waals surface area contributed by atoms with Crippen LogP contribution in [0.15, 0.2) is 52.5 Å². The van der Waals surface area contributed by atoms with E-state index in [0.717, 1.165) is 17.0 Å². The number of rotatable bonds is 7. The fourth-order valence-corrected chi connectivity index (χ4v) is 3.33. The van der Waals surface area contributed by atoms with Crippen molar-refractivity contribution in [1.82, 2.24) is 4.98 Å². The Morgan fingerprint density at radius 1 is 1.32 bits per heavy atom. The number of carbonyl (C=O) groups excluding carboxylic acids is 1. The van der Waals surface area contributed by atoms with Crippen molar-refractivity contribution in [2.75, 3.05) is 17.9 Å². The molecule has 0 unspecified atom stereocenters. The first kappa shape index (κ1) is 17.5. The van der Waals surface area contributed by atoms with E-state index in [1.165, 1.54) is 11.3 Å². The average Bonchev–Trinajstić information content (AvgIpc) is 3.32. The van der Waals surface area contributed by atoms with Crippen molar-refractivity contribution >= 4 is 34.0 Å². The number of halogens is 1. The van der Waals surface area contributed by atoms with Crippen LogP contribution in [-0.4, -0.2) is 23.9 Å². The molecule has 0 aliphatic rings. The number of anilines is 1. The Labute approximate surface area is 154 Å². The highest BCUT2D eigenvalue weighted by molar-refractivity contribution is 7.14. The van der Waals surface area contributed by atoms with E-state index in [9.17, 15) is 4.79 Å². The summed E-state index contributed by atoms with van der Waals surface area (Å²) in [5.74, 6) is 1.67. The highest BCUT2D eigenvalue weighted by atomic mass is 35.5. The first-order valence-electron chi connectivity index (χ1n) is 7.70. The van der Waals surface area contributed by atoms with Crippen LogP contribution < -0.4 is 9.64 Å². The monoisotopic (exact) mass is 376 g/mol.